The maximum atomic E-state index is 13.7. The molecule has 1 aliphatic heterocycles. The van der Waals surface area contributed by atoms with E-state index in [1.807, 2.05) is 20.8 Å². The standard InChI is InChI=1S/C24H33BN2O6/c1-23(2,3)19(26-22(31)33-17-7-5-6-8-17)20(28)27-14-24(32-4,13-18(27)21(29)30)15-9-11-16(25)12-10-15/h9-12,17-19H,5-8,13-14H2,1-4H3,(H,26,31)(H,29,30)/t18-,19+,24-/m0/s1. The molecule has 1 heterocycles. The van der Waals surface area contributed by atoms with Crippen LogP contribution in [0.3, 0.4) is 0 Å². The number of methoxy groups -OCH3 is 1. The van der Waals surface area contributed by atoms with Gasteiger partial charge in [-0.15, -0.1) is 0 Å². The third-order valence-corrected chi connectivity index (χ3v) is 6.67. The van der Waals surface area contributed by atoms with Crippen molar-refractivity contribution in [2.45, 2.75) is 76.7 Å². The van der Waals surface area contributed by atoms with Crippen LogP contribution in [0.1, 0.15) is 58.4 Å². The Bertz CT molecular complexity index is 878. The van der Waals surface area contributed by atoms with Crippen LogP contribution >= 0.6 is 0 Å². The summed E-state index contributed by atoms with van der Waals surface area (Å²) >= 11 is 0. The number of likely N-dealkylation sites (tertiary alicyclic amines) is 1. The van der Waals surface area contributed by atoms with Gasteiger partial charge in [0.2, 0.25) is 5.91 Å². The summed E-state index contributed by atoms with van der Waals surface area (Å²) in [6, 6.07) is 4.93. The number of amides is 2. The number of carbonyl (C=O) groups excluding carboxylic acids is 2. The molecule has 0 spiro atoms. The van der Waals surface area contributed by atoms with E-state index < -0.39 is 41.1 Å². The number of carbonyl (C=O) groups is 3. The Morgan fingerprint density at radius 2 is 1.79 bits per heavy atom. The summed E-state index contributed by atoms with van der Waals surface area (Å²) in [7, 11) is 7.30. The van der Waals surface area contributed by atoms with Crippen molar-refractivity contribution in [3.63, 3.8) is 0 Å². The minimum atomic E-state index is -1.13. The average molecular weight is 456 g/mol. The Morgan fingerprint density at radius 3 is 2.30 bits per heavy atom. The number of hydrogen-bond acceptors (Lipinski definition) is 5. The normalized spacial score (nSPS) is 24.5. The monoisotopic (exact) mass is 456 g/mol. The topological polar surface area (TPSA) is 105 Å². The van der Waals surface area contributed by atoms with Crippen molar-refractivity contribution in [2.75, 3.05) is 13.7 Å². The van der Waals surface area contributed by atoms with Crippen LogP contribution in [0.4, 0.5) is 4.79 Å². The molecule has 3 rings (SSSR count). The Hall–Kier alpha value is -2.55. The molecule has 178 valence electrons. The first-order valence-electron chi connectivity index (χ1n) is 11.4. The number of alkyl carbamates (subject to hydrolysis) is 1. The first-order valence-corrected chi connectivity index (χ1v) is 11.4. The van der Waals surface area contributed by atoms with Crippen molar-refractivity contribution in [2.24, 2.45) is 5.41 Å². The average Bonchev–Trinajstić information content (AvgIpc) is 3.40. The van der Waals surface area contributed by atoms with Crippen LogP contribution in [0.5, 0.6) is 0 Å². The lowest BCUT2D eigenvalue weighted by Gasteiger charge is -2.35. The molecule has 1 aromatic carbocycles. The van der Waals surface area contributed by atoms with E-state index in [-0.39, 0.29) is 19.1 Å². The van der Waals surface area contributed by atoms with Crippen LogP contribution in [-0.2, 0) is 24.7 Å². The third-order valence-electron chi connectivity index (χ3n) is 6.67. The van der Waals surface area contributed by atoms with Gasteiger partial charge in [0.05, 0.1) is 6.54 Å². The molecule has 1 aromatic rings. The summed E-state index contributed by atoms with van der Waals surface area (Å²) in [5, 5.41) is 12.6. The van der Waals surface area contributed by atoms with Gasteiger partial charge in [-0.25, -0.2) is 9.59 Å². The molecular weight excluding hydrogens is 423 g/mol. The summed E-state index contributed by atoms with van der Waals surface area (Å²) in [4.78, 5) is 39.7. The van der Waals surface area contributed by atoms with Gasteiger partial charge >= 0.3 is 12.1 Å². The van der Waals surface area contributed by atoms with Gasteiger partial charge in [0, 0.05) is 13.5 Å². The molecule has 33 heavy (non-hydrogen) atoms. The van der Waals surface area contributed by atoms with Crippen LogP contribution in [0.15, 0.2) is 24.3 Å². The fourth-order valence-corrected chi connectivity index (χ4v) is 4.71. The van der Waals surface area contributed by atoms with Crippen molar-refractivity contribution in [1.82, 2.24) is 10.2 Å². The number of carboxylic acid groups (broad SMARTS) is 1. The Labute approximate surface area is 196 Å². The van der Waals surface area contributed by atoms with Gasteiger partial charge in [-0.1, -0.05) is 50.5 Å². The molecule has 0 bridgehead atoms. The second kappa shape index (κ2) is 9.75. The number of benzene rings is 1. The van der Waals surface area contributed by atoms with E-state index in [9.17, 15) is 19.5 Å². The Kier molecular flexibility index (Phi) is 7.41. The Morgan fingerprint density at radius 1 is 1.18 bits per heavy atom. The smallest absolute Gasteiger partial charge is 0.408 e. The maximum Gasteiger partial charge on any atom is 0.408 e. The Balaban J connectivity index is 1.86. The van der Waals surface area contributed by atoms with E-state index in [1.165, 1.54) is 12.0 Å². The van der Waals surface area contributed by atoms with Crippen LogP contribution in [0, 0.1) is 5.41 Å². The quantitative estimate of drug-likeness (QED) is 0.636. The number of aliphatic carboxylic acids is 1. The molecule has 2 N–H and O–H groups in total. The highest BCUT2D eigenvalue weighted by molar-refractivity contribution is 6.32. The first kappa shape index (κ1) is 25.1. The molecule has 0 aromatic heterocycles. The molecule has 2 radical (unpaired) electrons. The van der Waals surface area contributed by atoms with E-state index in [0.29, 0.717) is 5.46 Å². The molecular formula is C24H33BN2O6. The van der Waals surface area contributed by atoms with E-state index in [1.54, 1.807) is 24.3 Å². The molecule has 2 amide bonds. The maximum absolute atomic E-state index is 13.7. The molecule has 2 fully saturated rings. The van der Waals surface area contributed by atoms with E-state index in [0.717, 1.165) is 31.2 Å². The number of nitrogens with zero attached hydrogens (tertiary/aromatic N) is 1. The zero-order valence-electron chi connectivity index (χ0n) is 19.8. The lowest BCUT2D eigenvalue weighted by Crippen LogP contribution is -2.57. The number of rotatable bonds is 6. The van der Waals surface area contributed by atoms with Gasteiger partial charge in [-0.05, 0) is 36.7 Å². The SMILES string of the molecule is [B]c1ccc([C@]2(OC)C[C@@H](C(=O)O)N(C(=O)[C@@H](NC(=O)OC3CCCC3)C(C)(C)C)C2)cc1. The molecule has 2 aliphatic rings. The highest BCUT2D eigenvalue weighted by Crippen LogP contribution is 2.40. The van der Waals surface area contributed by atoms with Crippen LogP contribution in [0.2, 0.25) is 0 Å². The third kappa shape index (κ3) is 5.51. The fourth-order valence-electron chi connectivity index (χ4n) is 4.71. The van der Waals surface area contributed by atoms with Crippen LogP contribution in [-0.4, -0.2) is 67.7 Å². The van der Waals surface area contributed by atoms with Crippen molar-refractivity contribution in [1.29, 1.82) is 0 Å². The molecule has 1 saturated heterocycles. The molecule has 1 aliphatic carbocycles. The van der Waals surface area contributed by atoms with Crippen LogP contribution < -0.4 is 10.8 Å². The van der Waals surface area contributed by atoms with E-state index in [4.69, 9.17) is 17.3 Å². The second-order valence-corrected chi connectivity index (χ2v) is 10.1. The second-order valence-electron chi connectivity index (χ2n) is 10.1. The van der Waals surface area contributed by atoms with Gasteiger partial charge in [0.15, 0.2) is 0 Å². The molecule has 8 nitrogen and oxygen atoms in total. The zero-order valence-corrected chi connectivity index (χ0v) is 19.8. The number of carboxylic acids is 1. The molecule has 3 atom stereocenters. The molecule has 9 heteroatoms. The van der Waals surface area contributed by atoms with Gasteiger partial charge in [0.25, 0.3) is 0 Å². The summed E-state index contributed by atoms with van der Waals surface area (Å²) in [6.07, 6.45) is 2.93. The summed E-state index contributed by atoms with van der Waals surface area (Å²) in [5.41, 5.74) is -0.363. The van der Waals surface area contributed by atoms with Crippen molar-refractivity contribution < 1.29 is 29.0 Å². The van der Waals surface area contributed by atoms with Gasteiger partial charge in [-0.3, -0.25) is 4.79 Å². The van der Waals surface area contributed by atoms with Crippen molar-refractivity contribution in [3.8, 4) is 0 Å². The number of nitrogens with one attached hydrogen (secondary N) is 1. The molecule has 1 saturated carbocycles. The van der Waals surface area contributed by atoms with Gasteiger partial charge in [-0.2, -0.15) is 0 Å². The first-order chi connectivity index (χ1) is 15.5. The lowest BCUT2D eigenvalue weighted by atomic mass is 9.85. The largest absolute Gasteiger partial charge is 0.480 e. The number of hydrogen-bond donors (Lipinski definition) is 2. The van der Waals surface area contributed by atoms with Gasteiger partial charge in [0.1, 0.15) is 31.6 Å². The highest BCUT2D eigenvalue weighted by Gasteiger charge is 2.52. The van der Waals surface area contributed by atoms with E-state index >= 15 is 0 Å². The fraction of sp³-hybridized carbons (Fsp3) is 0.625. The van der Waals surface area contributed by atoms with Crippen LogP contribution in [0.25, 0.3) is 0 Å². The summed E-state index contributed by atoms with van der Waals surface area (Å²) in [5.74, 6) is -1.61. The highest BCUT2D eigenvalue weighted by atomic mass is 16.6. The predicted molar refractivity (Wildman–Crippen MR) is 123 cm³/mol. The van der Waals surface area contributed by atoms with Crippen molar-refractivity contribution in [3.05, 3.63) is 29.8 Å². The molecule has 0 unspecified atom stereocenters. The van der Waals surface area contributed by atoms with E-state index in [2.05, 4.69) is 5.32 Å². The number of ether oxygens (including phenoxy) is 2. The minimum Gasteiger partial charge on any atom is -0.480 e. The summed E-state index contributed by atoms with van der Waals surface area (Å²) < 4.78 is 11.3. The lowest BCUT2D eigenvalue weighted by molar-refractivity contribution is -0.150. The minimum absolute atomic E-state index is 0.0369. The summed E-state index contributed by atoms with van der Waals surface area (Å²) in [6.45, 7) is 5.50. The van der Waals surface area contributed by atoms with Crippen molar-refractivity contribution >= 4 is 31.3 Å². The zero-order chi connectivity index (χ0) is 24.4. The van der Waals surface area contributed by atoms with Gasteiger partial charge < -0.3 is 24.8 Å². The predicted octanol–water partition coefficient (Wildman–Crippen LogP) is 2.09.